The summed E-state index contributed by atoms with van der Waals surface area (Å²) in [5, 5.41) is 0. The molecule has 12 nitrogen and oxygen atoms in total. The highest BCUT2D eigenvalue weighted by atomic mass is 16.5. The maximum atomic E-state index is 14.0. The number of carbonyl (C=O) groups is 4. The quantitative estimate of drug-likeness (QED) is 0.254. The monoisotopic (exact) mass is 652 g/mol. The van der Waals surface area contributed by atoms with Crippen LogP contribution >= 0.6 is 0 Å². The number of morpholine rings is 2. The van der Waals surface area contributed by atoms with Crippen LogP contribution in [0.5, 0.6) is 0 Å². The van der Waals surface area contributed by atoms with Gasteiger partial charge in [0.2, 0.25) is 0 Å². The zero-order valence-corrected chi connectivity index (χ0v) is 27.6. The summed E-state index contributed by atoms with van der Waals surface area (Å²) < 4.78 is 33.4. The van der Waals surface area contributed by atoms with Crippen molar-refractivity contribution in [3.63, 3.8) is 0 Å². The van der Waals surface area contributed by atoms with Gasteiger partial charge in [-0.2, -0.15) is 0 Å². The molecule has 47 heavy (non-hydrogen) atoms. The summed E-state index contributed by atoms with van der Waals surface area (Å²) in [4.78, 5) is 59.5. The van der Waals surface area contributed by atoms with Gasteiger partial charge in [0.05, 0.1) is 86.5 Å². The first-order valence-electron chi connectivity index (χ1n) is 16.2. The fraction of sp³-hybridized carbons (Fsp3) is 0.486. The van der Waals surface area contributed by atoms with Crippen molar-refractivity contribution >= 4 is 23.9 Å². The molecule has 2 saturated heterocycles. The fourth-order valence-electron chi connectivity index (χ4n) is 5.78. The number of carbonyl (C=O) groups excluding carboxylic acids is 4. The maximum absolute atomic E-state index is 14.0. The Morgan fingerprint density at radius 1 is 0.553 bits per heavy atom. The van der Waals surface area contributed by atoms with Gasteiger partial charge < -0.3 is 38.2 Å². The van der Waals surface area contributed by atoms with E-state index in [-0.39, 0.29) is 55.1 Å². The van der Waals surface area contributed by atoms with Gasteiger partial charge in [-0.15, -0.1) is 0 Å². The largest absolute Gasteiger partial charge is 0.462 e. The van der Waals surface area contributed by atoms with Gasteiger partial charge >= 0.3 is 23.9 Å². The Morgan fingerprint density at radius 3 is 1.23 bits per heavy atom. The second-order valence-corrected chi connectivity index (χ2v) is 10.6. The number of rotatable bonds is 10. The van der Waals surface area contributed by atoms with E-state index >= 15 is 0 Å². The Labute approximate surface area is 275 Å². The molecule has 2 aliphatic heterocycles. The molecule has 2 fully saturated rings. The highest BCUT2D eigenvalue weighted by molar-refractivity contribution is 6.10. The Hall–Kier alpha value is -4.42. The van der Waals surface area contributed by atoms with Gasteiger partial charge in [-0.25, -0.2) is 19.2 Å². The van der Waals surface area contributed by atoms with Gasteiger partial charge in [-0.05, 0) is 51.0 Å². The number of hydrogen-bond acceptors (Lipinski definition) is 12. The van der Waals surface area contributed by atoms with Crippen LogP contribution in [-0.2, 0) is 47.6 Å². The van der Waals surface area contributed by atoms with E-state index in [9.17, 15) is 19.2 Å². The molecule has 4 aliphatic rings. The van der Waals surface area contributed by atoms with Gasteiger partial charge in [-0.3, -0.25) is 0 Å². The van der Waals surface area contributed by atoms with Crippen LogP contribution in [0.4, 0.5) is 0 Å². The van der Waals surface area contributed by atoms with E-state index < -0.39 is 23.9 Å². The molecule has 2 aliphatic carbocycles. The second kappa shape index (κ2) is 17.5. The molecular formula is C35H44N2O10. The minimum atomic E-state index is -0.796. The van der Waals surface area contributed by atoms with Crippen LogP contribution in [0, 0.1) is 0 Å². The van der Waals surface area contributed by atoms with Gasteiger partial charge in [0, 0.05) is 32.6 Å². The predicted octanol–water partition coefficient (Wildman–Crippen LogP) is 3.09. The summed E-state index contributed by atoms with van der Waals surface area (Å²) in [5.74, 6) is -3.05. The molecule has 0 aromatic carbocycles. The predicted molar refractivity (Wildman–Crippen MR) is 171 cm³/mol. The Morgan fingerprint density at radius 2 is 0.894 bits per heavy atom. The van der Waals surface area contributed by atoms with Crippen molar-refractivity contribution in [2.45, 2.75) is 34.1 Å². The molecule has 0 aromatic rings. The number of esters is 4. The molecule has 2 bridgehead atoms. The molecule has 0 radical (unpaired) electrons. The molecule has 254 valence electrons. The SMILES string of the molecule is CCOC(=O)C1=CC=C(C(=O)OCC)C(C(=O)OCC)=C(N2CCOCC2)C2=CC=CC=C(C2)C(N2CCOCC2)=C1C(=O)OCC. The average molecular weight is 653 g/mol. The van der Waals surface area contributed by atoms with E-state index in [4.69, 9.17) is 28.4 Å². The number of ether oxygens (including phenoxy) is 6. The Bertz CT molecular complexity index is 1330. The summed E-state index contributed by atoms with van der Waals surface area (Å²) in [6.45, 7) is 10.2. The number of fused-ring (bicyclic) bond motifs is 2. The molecule has 4 rings (SSSR count). The van der Waals surface area contributed by atoms with Crippen molar-refractivity contribution in [3.8, 4) is 0 Å². The van der Waals surface area contributed by atoms with Crippen LogP contribution in [0.3, 0.4) is 0 Å². The van der Waals surface area contributed by atoms with E-state index in [0.717, 1.165) is 0 Å². The minimum absolute atomic E-state index is 0.0138. The van der Waals surface area contributed by atoms with Crippen molar-refractivity contribution in [3.05, 3.63) is 81.3 Å². The smallest absolute Gasteiger partial charge is 0.341 e. The Kier molecular flexibility index (Phi) is 13.2. The number of allylic oxidation sites excluding steroid dienone is 8. The highest BCUT2D eigenvalue weighted by Crippen LogP contribution is 2.38. The van der Waals surface area contributed by atoms with Gasteiger partial charge in [0.15, 0.2) is 0 Å². The molecule has 0 unspecified atom stereocenters. The highest BCUT2D eigenvalue weighted by Gasteiger charge is 2.36. The van der Waals surface area contributed by atoms with Crippen molar-refractivity contribution in [1.29, 1.82) is 0 Å². The van der Waals surface area contributed by atoms with Crippen molar-refractivity contribution in [2.24, 2.45) is 0 Å². The van der Waals surface area contributed by atoms with Crippen molar-refractivity contribution in [2.75, 3.05) is 79.0 Å². The van der Waals surface area contributed by atoms with Gasteiger partial charge in [0.25, 0.3) is 0 Å². The molecule has 0 saturated carbocycles. The molecule has 0 atom stereocenters. The van der Waals surface area contributed by atoms with Crippen LogP contribution in [0.25, 0.3) is 0 Å². The zero-order chi connectivity index (χ0) is 33.8. The van der Waals surface area contributed by atoms with Crippen molar-refractivity contribution in [1.82, 2.24) is 9.80 Å². The molecule has 0 aromatic heterocycles. The lowest BCUT2D eigenvalue weighted by molar-refractivity contribution is -0.142. The zero-order valence-electron chi connectivity index (χ0n) is 27.6. The molecule has 0 N–H and O–H groups in total. The number of hydrogen-bond donors (Lipinski definition) is 0. The van der Waals surface area contributed by atoms with Crippen LogP contribution in [0.2, 0.25) is 0 Å². The third-order valence-electron chi connectivity index (χ3n) is 7.73. The summed E-state index contributed by atoms with van der Waals surface area (Å²) in [6, 6.07) is 0. The van der Waals surface area contributed by atoms with Crippen LogP contribution in [0.15, 0.2) is 81.3 Å². The molecule has 2 heterocycles. The topological polar surface area (TPSA) is 130 Å². The van der Waals surface area contributed by atoms with Gasteiger partial charge in [-0.1, -0.05) is 24.3 Å². The standard InChI is InChI=1S/C35H44N2O10/c1-5-44-32(38)26-13-14-27(33(39)45-6-2)29(35(41)47-8-4)31(37-17-21-43-22-18-37)25-12-10-9-11-24(23-25)30(28(26)34(40)46-7-3)36-15-19-42-20-16-36/h9-14H,5-8,15-23H2,1-4H3. The molecule has 0 spiro atoms. The second-order valence-electron chi connectivity index (χ2n) is 10.6. The maximum Gasteiger partial charge on any atom is 0.341 e. The van der Waals surface area contributed by atoms with E-state index in [1.807, 2.05) is 34.1 Å². The van der Waals surface area contributed by atoms with Crippen molar-refractivity contribution < 1.29 is 47.6 Å². The third-order valence-corrected chi connectivity index (χ3v) is 7.73. The van der Waals surface area contributed by atoms with E-state index in [1.54, 1.807) is 27.7 Å². The summed E-state index contributed by atoms with van der Waals surface area (Å²) in [7, 11) is 0. The molecule has 12 heteroatoms. The lowest BCUT2D eigenvalue weighted by atomic mass is 9.91. The molecule has 0 amide bonds. The Balaban J connectivity index is 2.18. The first kappa shape index (κ1) is 35.4. The van der Waals surface area contributed by atoms with E-state index in [2.05, 4.69) is 0 Å². The average Bonchev–Trinajstić information content (AvgIpc) is 3.33. The summed E-state index contributed by atoms with van der Waals surface area (Å²) >= 11 is 0. The van der Waals surface area contributed by atoms with Crippen LogP contribution < -0.4 is 0 Å². The lowest BCUT2D eigenvalue weighted by Crippen LogP contribution is -2.39. The fourth-order valence-corrected chi connectivity index (χ4v) is 5.78. The number of nitrogens with zero attached hydrogens (tertiary/aromatic N) is 2. The van der Waals surface area contributed by atoms with Crippen LogP contribution in [-0.4, -0.2) is 113 Å². The van der Waals surface area contributed by atoms with Gasteiger partial charge in [0.1, 0.15) is 0 Å². The van der Waals surface area contributed by atoms with E-state index in [1.165, 1.54) is 12.2 Å². The first-order valence-corrected chi connectivity index (χ1v) is 16.2. The minimum Gasteiger partial charge on any atom is -0.462 e. The third kappa shape index (κ3) is 8.49. The summed E-state index contributed by atoms with van der Waals surface area (Å²) in [5.41, 5.74) is 2.06. The van der Waals surface area contributed by atoms with E-state index in [0.29, 0.717) is 75.1 Å². The lowest BCUT2D eigenvalue weighted by Gasteiger charge is -2.36. The molecular weight excluding hydrogens is 608 g/mol. The van der Waals surface area contributed by atoms with Crippen LogP contribution in [0.1, 0.15) is 34.1 Å². The first-order chi connectivity index (χ1) is 22.9. The normalized spacial score (nSPS) is 19.0. The summed E-state index contributed by atoms with van der Waals surface area (Å²) in [6.07, 6.45) is 10.3.